The number of ether oxygens (including phenoxy) is 1. The van der Waals surface area contributed by atoms with Gasteiger partial charge in [0.05, 0.1) is 18.7 Å². The van der Waals surface area contributed by atoms with Crippen molar-refractivity contribution in [2.75, 3.05) is 13.2 Å². The number of amides is 1. The molecule has 1 aliphatic heterocycles. The first-order chi connectivity index (χ1) is 16.0. The number of benzene rings is 2. The van der Waals surface area contributed by atoms with E-state index in [0.717, 1.165) is 24.0 Å². The van der Waals surface area contributed by atoms with Crippen LogP contribution in [0.15, 0.2) is 48.5 Å². The van der Waals surface area contributed by atoms with Crippen LogP contribution >= 0.6 is 23.2 Å². The summed E-state index contributed by atoms with van der Waals surface area (Å²) in [5.74, 6) is 0.454. The van der Waals surface area contributed by atoms with Crippen LogP contribution in [-0.2, 0) is 14.0 Å². The van der Waals surface area contributed by atoms with Crippen molar-refractivity contribution < 1.29 is 14.0 Å². The Kier molecular flexibility index (Phi) is 7.52. The number of hydrogen-bond acceptors (Lipinski definition) is 3. The van der Waals surface area contributed by atoms with Crippen LogP contribution in [0.25, 0.3) is 0 Å². The SMILES string of the molecule is CC(C)(C)[Si](C)(C)OC[C@H](C1CC1)N1C(=O)COC(c2cccc(Cl)c2)C1c1ccc(Cl)cc1. The van der Waals surface area contributed by atoms with E-state index < -0.39 is 8.32 Å². The molecular formula is C27H35Cl2NO3Si. The van der Waals surface area contributed by atoms with E-state index in [1.165, 1.54) is 0 Å². The fourth-order valence-corrected chi connectivity index (χ4v) is 5.76. The van der Waals surface area contributed by atoms with E-state index in [1.54, 1.807) is 0 Å². The molecule has 0 spiro atoms. The maximum atomic E-state index is 13.5. The molecule has 4 rings (SSSR count). The van der Waals surface area contributed by atoms with Gasteiger partial charge in [-0.15, -0.1) is 0 Å². The molecule has 0 aromatic heterocycles. The minimum Gasteiger partial charge on any atom is -0.415 e. The summed E-state index contributed by atoms with van der Waals surface area (Å²) in [5.41, 5.74) is 1.96. The third-order valence-electron chi connectivity index (χ3n) is 7.59. The number of nitrogens with zero attached hydrogens (tertiary/aromatic N) is 1. The monoisotopic (exact) mass is 519 g/mol. The Morgan fingerprint density at radius 1 is 1.06 bits per heavy atom. The maximum Gasteiger partial charge on any atom is 0.249 e. The Balaban J connectivity index is 1.73. The molecule has 1 saturated carbocycles. The van der Waals surface area contributed by atoms with Gasteiger partial charge in [0.2, 0.25) is 5.91 Å². The van der Waals surface area contributed by atoms with Crippen molar-refractivity contribution in [2.45, 2.75) is 69.9 Å². The highest BCUT2D eigenvalue weighted by atomic mass is 35.5. The Hall–Kier alpha value is -1.37. The third-order valence-corrected chi connectivity index (χ3v) is 12.6. The molecule has 184 valence electrons. The predicted octanol–water partition coefficient (Wildman–Crippen LogP) is 7.44. The molecule has 0 radical (unpaired) electrons. The van der Waals surface area contributed by atoms with E-state index in [9.17, 15) is 4.79 Å². The lowest BCUT2D eigenvalue weighted by molar-refractivity contribution is -0.165. The second kappa shape index (κ2) is 9.94. The van der Waals surface area contributed by atoms with Crippen molar-refractivity contribution in [1.29, 1.82) is 0 Å². The zero-order valence-corrected chi connectivity index (χ0v) is 23.2. The molecule has 3 atom stereocenters. The first-order valence-electron chi connectivity index (χ1n) is 12.1. The Labute approximate surface area is 214 Å². The van der Waals surface area contributed by atoms with Gasteiger partial charge in [-0.1, -0.05) is 68.2 Å². The van der Waals surface area contributed by atoms with Crippen LogP contribution in [0.2, 0.25) is 28.2 Å². The van der Waals surface area contributed by atoms with Crippen molar-refractivity contribution in [2.24, 2.45) is 5.92 Å². The van der Waals surface area contributed by atoms with Crippen LogP contribution in [-0.4, -0.2) is 38.4 Å². The van der Waals surface area contributed by atoms with Gasteiger partial charge in [0, 0.05) is 10.0 Å². The van der Waals surface area contributed by atoms with Crippen molar-refractivity contribution >= 4 is 37.4 Å². The largest absolute Gasteiger partial charge is 0.415 e. The van der Waals surface area contributed by atoms with Crippen LogP contribution in [0, 0.1) is 5.92 Å². The lowest BCUT2D eigenvalue weighted by atomic mass is 9.91. The van der Waals surface area contributed by atoms with E-state index >= 15 is 0 Å². The average molecular weight is 521 g/mol. The smallest absolute Gasteiger partial charge is 0.249 e. The molecule has 1 saturated heterocycles. The number of morpholine rings is 1. The first-order valence-corrected chi connectivity index (χ1v) is 15.7. The van der Waals surface area contributed by atoms with E-state index in [0.29, 0.717) is 22.6 Å². The van der Waals surface area contributed by atoms with Gasteiger partial charge in [-0.25, -0.2) is 0 Å². The quantitative estimate of drug-likeness (QED) is 0.356. The minimum atomic E-state index is -1.97. The minimum absolute atomic E-state index is 0.00730. The van der Waals surface area contributed by atoms with Gasteiger partial charge in [-0.05, 0) is 72.3 Å². The van der Waals surface area contributed by atoms with E-state index in [4.69, 9.17) is 32.4 Å². The molecule has 34 heavy (non-hydrogen) atoms. The normalized spacial score (nSPS) is 22.7. The molecule has 2 aromatic rings. The summed E-state index contributed by atoms with van der Waals surface area (Å²) in [4.78, 5) is 15.5. The van der Waals surface area contributed by atoms with Gasteiger partial charge < -0.3 is 14.1 Å². The molecule has 1 heterocycles. The molecule has 1 aliphatic carbocycles. The fraction of sp³-hybridized carbons (Fsp3) is 0.519. The van der Waals surface area contributed by atoms with Crippen LogP contribution in [0.4, 0.5) is 0 Å². The Bertz CT molecular complexity index is 1020. The van der Waals surface area contributed by atoms with Crippen molar-refractivity contribution in [3.05, 3.63) is 69.7 Å². The highest BCUT2D eigenvalue weighted by Gasteiger charge is 2.48. The van der Waals surface area contributed by atoms with Gasteiger partial charge in [-0.2, -0.15) is 0 Å². The van der Waals surface area contributed by atoms with Crippen LogP contribution in [0.3, 0.4) is 0 Å². The number of halogens is 2. The molecule has 0 bridgehead atoms. The van der Waals surface area contributed by atoms with E-state index in [-0.39, 0.29) is 35.7 Å². The lowest BCUT2D eigenvalue weighted by Crippen LogP contribution is -2.54. The molecule has 2 aliphatic rings. The lowest BCUT2D eigenvalue weighted by Gasteiger charge is -2.47. The highest BCUT2D eigenvalue weighted by Crippen LogP contribution is 2.47. The van der Waals surface area contributed by atoms with Crippen LogP contribution < -0.4 is 0 Å². The second-order valence-electron chi connectivity index (χ2n) is 11.1. The molecule has 2 fully saturated rings. The maximum absolute atomic E-state index is 13.5. The molecular weight excluding hydrogens is 485 g/mol. The summed E-state index contributed by atoms with van der Waals surface area (Å²) >= 11 is 12.6. The molecule has 4 nitrogen and oxygen atoms in total. The summed E-state index contributed by atoms with van der Waals surface area (Å²) in [6, 6.07) is 15.2. The number of rotatable bonds is 7. The molecule has 2 aromatic carbocycles. The van der Waals surface area contributed by atoms with Gasteiger partial charge in [0.25, 0.3) is 0 Å². The standard InChI is InChI=1S/C27H35Cl2NO3Si/c1-27(2,3)34(4,5)33-16-23(18-9-10-18)30-24(31)17-32-26(20-7-6-8-22(29)15-20)25(30)19-11-13-21(28)14-12-19/h6-8,11-15,18,23,25-26H,9-10,16-17H2,1-5H3/t23-,25?,26?/m1/s1. The summed E-state index contributed by atoms with van der Waals surface area (Å²) in [6.45, 7) is 11.9. The summed E-state index contributed by atoms with van der Waals surface area (Å²) < 4.78 is 12.9. The first kappa shape index (κ1) is 25.7. The van der Waals surface area contributed by atoms with Crippen LogP contribution in [0.5, 0.6) is 0 Å². The Morgan fingerprint density at radius 2 is 1.74 bits per heavy atom. The molecule has 0 N–H and O–H groups in total. The van der Waals surface area contributed by atoms with E-state index in [1.807, 2.05) is 48.5 Å². The van der Waals surface area contributed by atoms with Crippen molar-refractivity contribution in [3.63, 3.8) is 0 Å². The molecule has 7 heteroatoms. The fourth-order valence-electron chi connectivity index (χ4n) is 4.41. The zero-order valence-electron chi connectivity index (χ0n) is 20.7. The van der Waals surface area contributed by atoms with Gasteiger partial charge >= 0.3 is 0 Å². The Morgan fingerprint density at radius 3 is 2.32 bits per heavy atom. The van der Waals surface area contributed by atoms with Crippen molar-refractivity contribution in [3.8, 4) is 0 Å². The van der Waals surface area contributed by atoms with E-state index in [2.05, 4.69) is 38.8 Å². The van der Waals surface area contributed by atoms with Gasteiger partial charge in [0.15, 0.2) is 8.32 Å². The third kappa shape index (κ3) is 5.55. The van der Waals surface area contributed by atoms with Crippen molar-refractivity contribution in [1.82, 2.24) is 4.90 Å². The predicted molar refractivity (Wildman–Crippen MR) is 141 cm³/mol. The van der Waals surface area contributed by atoms with Crippen LogP contribution in [0.1, 0.15) is 56.9 Å². The molecule has 1 amide bonds. The second-order valence-corrected chi connectivity index (χ2v) is 16.7. The van der Waals surface area contributed by atoms with Gasteiger partial charge in [0.1, 0.15) is 12.7 Å². The number of hydrogen-bond donors (Lipinski definition) is 0. The van der Waals surface area contributed by atoms with Gasteiger partial charge in [-0.3, -0.25) is 4.79 Å². The number of carbonyl (C=O) groups is 1. The highest BCUT2D eigenvalue weighted by molar-refractivity contribution is 6.74. The topological polar surface area (TPSA) is 38.8 Å². The summed E-state index contributed by atoms with van der Waals surface area (Å²) in [7, 11) is -1.97. The zero-order chi connectivity index (χ0) is 24.7. The average Bonchev–Trinajstić information content (AvgIpc) is 3.60. The molecule has 2 unspecified atom stereocenters. The summed E-state index contributed by atoms with van der Waals surface area (Å²) in [5, 5.41) is 1.42. The number of carbonyl (C=O) groups excluding carboxylic acids is 1. The summed E-state index contributed by atoms with van der Waals surface area (Å²) in [6.07, 6.45) is 1.91.